The molecule has 1 aromatic heterocycles. The highest BCUT2D eigenvalue weighted by Gasteiger charge is 2.18. The van der Waals surface area contributed by atoms with Crippen molar-refractivity contribution in [2.75, 3.05) is 11.8 Å². The Balaban J connectivity index is 1.71. The lowest BCUT2D eigenvalue weighted by Gasteiger charge is -2.08. The number of ether oxygens (including phenoxy) is 1. The number of aromatic hydroxyl groups is 1. The van der Waals surface area contributed by atoms with Crippen LogP contribution in [0.2, 0.25) is 0 Å². The normalized spacial score (nSPS) is 11.5. The van der Waals surface area contributed by atoms with Crippen molar-refractivity contribution in [3.05, 3.63) is 66.7 Å². The number of nitrogens with one attached hydrogen (secondary N) is 1. The average Bonchev–Trinajstić information content (AvgIpc) is 3.14. The van der Waals surface area contributed by atoms with E-state index in [4.69, 9.17) is 9.15 Å². The molecule has 28 heavy (non-hydrogen) atoms. The van der Waals surface area contributed by atoms with E-state index < -0.39 is 10.0 Å². The number of aromatic nitrogens is 1. The SMILES string of the molecule is COc1ccc(S(=O)(=O)Nc2cccc3oc(-c4ccc(O)cc4)nc23)cc1. The number of rotatable bonds is 5. The Labute approximate surface area is 161 Å². The predicted molar refractivity (Wildman–Crippen MR) is 105 cm³/mol. The number of hydrogen-bond acceptors (Lipinski definition) is 6. The maximum atomic E-state index is 12.7. The van der Waals surface area contributed by atoms with Crippen LogP contribution in [0.25, 0.3) is 22.6 Å². The zero-order valence-corrected chi connectivity index (χ0v) is 15.6. The minimum atomic E-state index is -3.81. The van der Waals surface area contributed by atoms with Crippen molar-refractivity contribution in [2.45, 2.75) is 4.90 Å². The lowest BCUT2D eigenvalue weighted by atomic mass is 10.2. The van der Waals surface area contributed by atoms with Gasteiger partial charge in [0.2, 0.25) is 5.89 Å². The molecule has 0 spiro atoms. The molecule has 0 aliphatic carbocycles. The van der Waals surface area contributed by atoms with Gasteiger partial charge in [-0.25, -0.2) is 13.4 Å². The van der Waals surface area contributed by atoms with E-state index in [1.807, 2.05) is 0 Å². The van der Waals surface area contributed by atoms with Gasteiger partial charge >= 0.3 is 0 Å². The van der Waals surface area contributed by atoms with Crippen molar-refractivity contribution < 1.29 is 22.7 Å². The first-order valence-electron chi connectivity index (χ1n) is 8.32. The molecule has 0 fully saturated rings. The topological polar surface area (TPSA) is 102 Å². The third-order valence-electron chi connectivity index (χ3n) is 4.15. The Morgan fingerprint density at radius 3 is 2.39 bits per heavy atom. The summed E-state index contributed by atoms with van der Waals surface area (Å²) in [6.45, 7) is 0. The Kier molecular flexibility index (Phi) is 4.40. The highest BCUT2D eigenvalue weighted by atomic mass is 32.2. The van der Waals surface area contributed by atoms with Crippen molar-refractivity contribution in [3.8, 4) is 23.0 Å². The van der Waals surface area contributed by atoms with Crippen molar-refractivity contribution in [1.82, 2.24) is 4.98 Å². The average molecular weight is 396 g/mol. The number of benzene rings is 3. The van der Waals surface area contributed by atoms with E-state index in [-0.39, 0.29) is 10.6 Å². The van der Waals surface area contributed by atoms with Crippen LogP contribution in [0, 0.1) is 0 Å². The zero-order valence-electron chi connectivity index (χ0n) is 14.8. The minimum absolute atomic E-state index is 0.104. The molecule has 0 atom stereocenters. The largest absolute Gasteiger partial charge is 0.508 e. The van der Waals surface area contributed by atoms with E-state index in [0.717, 1.165) is 0 Å². The third-order valence-corrected chi connectivity index (χ3v) is 5.53. The van der Waals surface area contributed by atoms with Crippen LogP contribution in [0.3, 0.4) is 0 Å². The van der Waals surface area contributed by atoms with E-state index in [9.17, 15) is 13.5 Å². The Bertz CT molecular complexity index is 1230. The summed E-state index contributed by atoms with van der Waals surface area (Å²) in [4.78, 5) is 4.53. The first-order valence-corrected chi connectivity index (χ1v) is 9.80. The monoisotopic (exact) mass is 396 g/mol. The van der Waals surface area contributed by atoms with Gasteiger partial charge < -0.3 is 14.3 Å². The molecular weight excluding hydrogens is 380 g/mol. The Morgan fingerprint density at radius 1 is 1.00 bits per heavy atom. The quantitative estimate of drug-likeness (QED) is 0.528. The van der Waals surface area contributed by atoms with Gasteiger partial charge in [-0.05, 0) is 60.7 Å². The minimum Gasteiger partial charge on any atom is -0.508 e. The van der Waals surface area contributed by atoms with Gasteiger partial charge in [0.05, 0.1) is 17.7 Å². The van der Waals surface area contributed by atoms with Crippen LogP contribution in [0.4, 0.5) is 5.69 Å². The highest BCUT2D eigenvalue weighted by molar-refractivity contribution is 7.92. The molecule has 0 radical (unpaired) electrons. The Morgan fingerprint density at radius 2 is 1.71 bits per heavy atom. The molecule has 8 heteroatoms. The molecule has 1 heterocycles. The van der Waals surface area contributed by atoms with Gasteiger partial charge in [0.25, 0.3) is 10.0 Å². The van der Waals surface area contributed by atoms with Crippen LogP contribution >= 0.6 is 0 Å². The summed E-state index contributed by atoms with van der Waals surface area (Å²) < 4.78 is 38.8. The highest BCUT2D eigenvalue weighted by Crippen LogP contribution is 2.30. The second kappa shape index (κ2) is 6.90. The fourth-order valence-electron chi connectivity index (χ4n) is 2.72. The number of methoxy groups -OCH3 is 1. The Hall–Kier alpha value is -3.52. The van der Waals surface area contributed by atoms with Crippen LogP contribution in [0.1, 0.15) is 0 Å². The van der Waals surface area contributed by atoms with Crippen molar-refractivity contribution in [1.29, 1.82) is 0 Å². The smallest absolute Gasteiger partial charge is 0.261 e. The van der Waals surface area contributed by atoms with Gasteiger partial charge in [-0.1, -0.05) is 6.07 Å². The maximum absolute atomic E-state index is 12.7. The number of sulfonamides is 1. The molecule has 3 aromatic carbocycles. The van der Waals surface area contributed by atoms with Crippen LogP contribution in [-0.4, -0.2) is 25.6 Å². The number of anilines is 1. The fraction of sp³-hybridized carbons (Fsp3) is 0.0500. The summed E-state index contributed by atoms with van der Waals surface area (Å²) in [7, 11) is -2.30. The van der Waals surface area contributed by atoms with Crippen molar-refractivity contribution in [3.63, 3.8) is 0 Å². The fourth-order valence-corrected chi connectivity index (χ4v) is 3.78. The number of nitrogens with zero attached hydrogens (tertiary/aromatic N) is 1. The first-order chi connectivity index (χ1) is 13.5. The molecule has 0 unspecified atom stereocenters. The van der Waals surface area contributed by atoms with E-state index >= 15 is 0 Å². The molecule has 0 saturated heterocycles. The number of fused-ring (bicyclic) bond motifs is 1. The van der Waals surface area contributed by atoms with Gasteiger partial charge in [0.15, 0.2) is 5.58 Å². The molecule has 0 saturated carbocycles. The lowest BCUT2D eigenvalue weighted by molar-refractivity contribution is 0.414. The summed E-state index contributed by atoms with van der Waals surface area (Å²) >= 11 is 0. The molecular formula is C20H16N2O5S. The van der Waals surface area contributed by atoms with Crippen molar-refractivity contribution >= 4 is 26.8 Å². The predicted octanol–water partition coefficient (Wildman–Crippen LogP) is 4.01. The van der Waals surface area contributed by atoms with E-state index in [1.54, 1.807) is 42.5 Å². The molecule has 0 aliphatic heterocycles. The molecule has 0 aliphatic rings. The van der Waals surface area contributed by atoms with Gasteiger partial charge in [-0.2, -0.15) is 0 Å². The standard InChI is InChI=1S/C20H16N2O5S/c1-26-15-9-11-16(12-10-15)28(24,25)22-17-3-2-4-18-19(17)21-20(27-18)13-5-7-14(23)8-6-13/h2-12,22-23H,1H3. The molecule has 7 nitrogen and oxygen atoms in total. The third kappa shape index (κ3) is 3.37. The van der Waals surface area contributed by atoms with Gasteiger partial charge in [-0.15, -0.1) is 0 Å². The van der Waals surface area contributed by atoms with Crippen LogP contribution in [0.15, 0.2) is 76.0 Å². The van der Waals surface area contributed by atoms with Gasteiger partial charge in [-0.3, -0.25) is 4.72 Å². The first kappa shape index (κ1) is 17.9. The van der Waals surface area contributed by atoms with E-state index in [1.165, 1.54) is 31.4 Å². The van der Waals surface area contributed by atoms with Gasteiger partial charge in [0, 0.05) is 5.56 Å². The second-order valence-electron chi connectivity index (χ2n) is 6.00. The molecule has 4 rings (SSSR count). The molecule has 0 amide bonds. The molecule has 2 N–H and O–H groups in total. The van der Waals surface area contributed by atoms with Crippen molar-refractivity contribution in [2.24, 2.45) is 0 Å². The summed E-state index contributed by atoms with van der Waals surface area (Å²) in [5.41, 5.74) is 1.81. The van der Waals surface area contributed by atoms with Crippen LogP contribution < -0.4 is 9.46 Å². The summed E-state index contributed by atoms with van der Waals surface area (Å²) in [6, 6.07) is 17.5. The maximum Gasteiger partial charge on any atom is 0.261 e. The number of hydrogen-bond donors (Lipinski definition) is 2. The van der Waals surface area contributed by atoms with Crippen LogP contribution in [0.5, 0.6) is 11.5 Å². The zero-order chi connectivity index (χ0) is 19.7. The second-order valence-corrected chi connectivity index (χ2v) is 7.68. The number of phenols is 1. The molecule has 142 valence electrons. The van der Waals surface area contributed by atoms with Crippen LogP contribution in [-0.2, 0) is 10.0 Å². The summed E-state index contributed by atoms with van der Waals surface area (Å²) in [6.07, 6.45) is 0. The molecule has 4 aromatic rings. The number of oxazole rings is 1. The lowest BCUT2D eigenvalue weighted by Crippen LogP contribution is -2.13. The number of para-hydroxylation sites is 1. The molecule has 0 bridgehead atoms. The van der Waals surface area contributed by atoms with E-state index in [2.05, 4.69) is 9.71 Å². The number of phenolic OH excluding ortho intramolecular Hbond substituents is 1. The van der Waals surface area contributed by atoms with E-state index in [0.29, 0.717) is 34.0 Å². The summed E-state index contributed by atoms with van der Waals surface area (Å²) in [5.74, 6) is 1.02. The summed E-state index contributed by atoms with van der Waals surface area (Å²) in [5, 5.41) is 9.42. The van der Waals surface area contributed by atoms with Gasteiger partial charge in [0.1, 0.15) is 17.0 Å².